The number of aliphatic hydroxyl groups is 2. The molecular weight excluding hydrogens is 708 g/mol. The Hall–Kier alpha value is -5.31. The molecule has 1 aliphatic heterocycles. The average Bonchev–Trinajstić information content (AvgIpc) is 3.64. The number of carbonyl (C=O) groups is 2. The third kappa shape index (κ3) is 8.07. The monoisotopic (exact) mass is 756 g/mol. The topological polar surface area (TPSA) is 195 Å². The average molecular weight is 757 g/mol. The van der Waals surface area contributed by atoms with Gasteiger partial charge in [-0.05, 0) is 66.9 Å². The highest BCUT2D eigenvalue weighted by Gasteiger charge is 2.65. The maximum atomic E-state index is 12.8. The molecule has 0 saturated heterocycles. The van der Waals surface area contributed by atoms with Gasteiger partial charge in [-0.15, -0.1) is 11.7 Å². The van der Waals surface area contributed by atoms with Crippen LogP contribution in [0.5, 0.6) is 11.5 Å². The summed E-state index contributed by atoms with van der Waals surface area (Å²) in [7, 11) is 0. The smallest absolute Gasteiger partial charge is 0.359 e. The lowest BCUT2D eigenvalue weighted by Crippen LogP contribution is -2.63. The molecule has 2 aliphatic carbocycles. The van der Waals surface area contributed by atoms with Crippen molar-refractivity contribution in [2.45, 2.75) is 69.3 Å². The van der Waals surface area contributed by atoms with E-state index in [-0.39, 0.29) is 57.2 Å². The summed E-state index contributed by atoms with van der Waals surface area (Å²) in [6.07, 6.45) is 9.61. The minimum absolute atomic E-state index is 0.00210. The minimum atomic E-state index is -1.67. The maximum absolute atomic E-state index is 12.8. The highest BCUT2D eigenvalue weighted by molar-refractivity contribution is 6.03. The van der Waals surface area contributed by atoms with Gasteiger partial charge in [0.15, 0.2) is 5.69 Å². The van der Waals surface area contributed by atoms with Crippen LogP contribution in [0.15, 0.2) is 90.6 Å². The van der Waals surface area contributed by atoms with Crippen molar-refractivity contribution in [1.82, 2.24) is 15.0 Å². The van der Waals surface area contributed by atoms with Gasteiger partial charge in [-0.3, -0.25) is 0 Å². The number of allylic oxidation sites excluding steroid dienone is 1. The van der Waals surface area contributed by atoms with Crippen LogP contribution in [0.25, 0.3) is 0 Å². The van der Waals surface area contributed by atoms with Crippen molar-refractivity contribution in [2.24, 2.45) is 22.9 Å². The third-order valence-electron chi connectivity index (χ3n) is 10.7. The number of oxime groups is 1. The van der Waals surface area contributed by atoms with Crippen molar-refractivity contribution in [1.29, 1.82) is 0 Å². The molecule has 0 amide bonds. The molecule has 6 rings (SSSR count). The zero-order chi connectivity index (χ0) is 39.0. The van der Waals surface area contributed by atoms with E-state index < -0.39 is 41.1 Å². The Morgan fingerprint density at radius 2 is 1.73 bits per heavy atom. The molecule has 1 aromatic heterocycles. The molecule has 6 unspecified atom stereocenters. The Labute approximate surface area is 319 Å². The summed E-state index contributed by atoms with van der Waals surface area (Å²) < 4.78 is 20.9. The number of carboxylic acid groups (broad SMARTS) is 2. The fourth-order valence-corrected chi connectivity index (χ4v) is 8.44. The molecule has 1 saturated carbocycles. The first-order valence-electron chi connectivity index (χ1n) is 18.7. The Balaban J connectivity index is 1.62. The number of benzene rings is 2. The summed E-state index contributed by atoms with van der Waals surface area (Å²) in [4.78, 5) is 31.1. The highest BCUT2D eigenvalue weighted by atomic mass is 16.7. The molecule has 3 aromatic rings. The fourth-order valence-electron chi connectivity index (χ4n) is 8.44. The van der Waals surface area contributed by atoms with Crippen molar-refractivity contribution in [3.63, 3.8) is 0 Å². The van der Waals surface area contributed by atoms with Crippen molar-refractivity contribution in [3.05, 3.63) is 108 Å². The normalized spacial score (nSPS) is 24.5. The molecule has 6 atom stereocenters. The molecule has 2 heterocycles. The largest absolute Gasteiger partial charge is 0.490 e. The quantitative estimate of drug-likeness (QED) is 0.0603. The molecule has 14 heteroatoms. The second-order valence-electron chi connectivity index (χ2n) is 14.0. The van der Waals surface area contributed by atoms with Gasteiger partial charge in [0.2, 0.25) is 11.5 Å². The summed E-state index contributed by atoms with van der Waals surface area (Å²) >= 11 is 0. The number of aromatic nitrogens is 3. The number of carboxylic acids is 2. The number of fused-ring (bicyclic) bond motifs is 2. The van der Waals surface area contributed by atoms with Gasteiger partial charge < -0.3 is 39.5 Å². The molecule has 55 heavy (non-hydrogen) atoms. The predicted molar refractivity (Wildman–Crippen MR) is 201 cm³/mol. The Bertz CT molecular complexity index is 1910. The molecular formula is C41H48N4O10. The highest BCUT2D eigenvalue weighted by Crippen LogP contribution is 2.63. The number of unbranched alkanes of at least 4 members (excludes halogenated alkanes) is 2. The van der Waals surface area contributed by atoms with Crippen molar-refractivity contribution in [3.8, 4) is 11.5 Å². The van der Waals surface area contributed by atoms with Gasteiger partial charge in [-0.2, -0.15) is 0 Å². The number of nitrogens with zero attached hydrogens (tertiary/aromatic N) is 4. The van der Waals surface area contributed by atoms with Gasteiger partial charge in [-0.25, -0.2) is 14.3 Å². The van der Waals surface area contributed by atoms with Crippen LogP contribution < -0.4 is 9.47 Å². The lowest BCUT2D eigenvalue weighted by atomic mass is 9.55. The molecule has 0 bridgehead atoms. The molecule has 1 fully saturated rings. The van der Waals surface area contributed by atoms with E-state index >= 15 is 0 Å². The Kier molecular flexibility index (Phi) is 12.8. The van der Waals surface area contributed by atoms with Gasteiger partial charge in [-0.1, -0.05) is 78.3 Å². The standard InChI is InChI=1S/C41H48N4O10/c1-3-20-52-28-16-17-33-31(23-28)35-29(15-9-11-19-47)27(14-8-10-18-46)22-30-32(43-54-25-26-12-6-5-7-13-26)24-34(41(55-33,36(30)35)53-21-4-2)45-38(40(50)51)37(39(48)49)42-44-45/h3-7,12-13,16-17,22-23,27,29,34-36,46-47H,1-2,8-11,14-15,18-21,24-25H2,(H,48,49)(H,50,51). The van der Waals surface area contributed by atoms with Gasteiger partial charge in [0, 0.05) is 31.1 Å². The maximum Gasteiger partial charge on any atom is 0.359 e. The predicted octanol–water partition coefficient (Wildman–Crippen LogP) is 5.95. The second kappa shape index (κ2) is 17.9. The SMILES string of the molecule is C=CCOc1ccc2c(c1)C1C(CCCCO)C(CCCCO)C=C3C(=NOCc4ccccc4)CC(n4nnc(C(=O)O)c4C(=O)O)C(OCC=C)(O2)C31. The van der Waals surface area contributed by atoms with E-state index in [0.717, 1.165) is 47.1 Å². The summed E-state index contributed by atoms with van der Waals surface area (Å²) in [5.74, 6) is -4.70. The van der Waals surface area contributed by atoms with E-state index in [4.69, 9.17) is 24.2 Å². The lowest BCUT2D eigenvalue weighted by molar-refractivity contribution is -0.252. The molecule has 0 spiro atoms. The van der Waals surface area contributed by atoms with Crippen molar-refractivity contribution in [2.75, 3.05) is 26.4 Å². The van der Waals surface area contributed by atoms with Crippen LogP contribution in [-0.4, -0.2) is 85.3 Å². The van der Waals surface area contributed by atoms with Crippen molar-refractivity contribution >= 4 is 17.7 Å². The summed E-state index contributed by atoms with van der Waals surface area (Å²) in [6, 6.07) is 14.0. The molecule has 292 valence electrons. The van der Waals surface area contributed by atoms with E-state index in [1.807, 2.05) is 36.4 Å². The molecule has 4 N–H and O–H groups in total. The van der Waals surface area contributed by atoms with Crippen LogP contribution in [0.3, 0.4) is 0 Å². The molecule has 3 aliphatic rings. The Morgan fingerprint density at radius 1 is 0.982 bits per heavy atom. The van der Waals surface area contributed by atoms with E-state index in [1.165, 1.54) is 0 Å². The fraction of sp³-hybridized carbons (Fsp3) is 0.439. The summed E-state index contributed by atoms with van der Waals surface area (Å²) in [5.41, 5.74) is 1.69. The number of rotatable bonds is 20. The summed E-state index contributed by atoms with van der Waals surface area (Å²) in [5, 5.41) is 52.7. The second-order valence-corrected chi connectivity index (χ2v) is 14.0. The van der Waals surface area contributed by atoms with E-state index in [2.05, 4.69) is 29.5 Å². The third-order valence-corrected chi connectivity index (χ3v) is 10.7. The molecule has 2 aromatic carbocycles. The number of aliphatic hydroxyl groups excluding tert-OH is 2. The minimum Gasteiger partial charge on any atom is -0.490 e. The first-order chi connectivity index (χ1) is 26.8. The van der Waals surface area contributed by atoms with Crippen LogP contribution in [0.2, 0.25) is 0 Å². The van der Waals surface area contributed by atoms with Crippen LogP contribution in [0.4, 0.5) is 0 Å². The first kappa shape index (κ1) is 39.4. The number of hydrogen-bond donors (Lipinski definition) is 4. The lowest BCUT2D eigenvalue weighted by Gasteiger charge is -2.58. The van der Waals surface area contributed by atoms with Crippen LogP contribution >= 0.6 is 0 Å². The van der Waals surface area contributed by atoms with Gasteiger partial charge >= 0.3 is 11.9 Å². The zero-order valence-electron chi connectivity index (χ0n) is 30.7. The van der Waals surface area contributed by atoms with E-state index in [1.54, 1.807) is 24.3 Å². The number of ether oxygens (including phenoxy) is 3. The summed E-state index contributed by atoms with van der Waals surface area (Å²) in [6.45, 7) is 8.23. The van der Waals surface area contributed by atoms with E-state index in [0.29, 0.717) is 30.1 Å². The Morgan fingerprint density at radius 3 is 2.42 bits per heavy atom. The van der Waals surface area contributed by atoms with E-state index in [9.17, 15) is 30.0 Å². The van der Waals surface area contributed by atoms with Crippen LogP contribution in [-0.2, 0) is 16.2 Å². The van der Waals surface area contributed by atoms with Crippen LogP contribution in [0, 0.1) is 17.8 Å². The zero-order valence-corrected chi connectivity index (χ0v) is 30.7. The van der Waals surface area contributed by atoms with Crippen molar-refractivity contribution < 1.29 is 49.1 Å². The number of hydrogen-bond acceptors (Lipinski definition) is 11. The molecule has 0 radical (unpaired) electrons. The molecule has 14 nitrogen and oxygen atoms in total. The van der Waals surface area contributed by atoms with Gasteiger partial charge in [0.05, 0.1) is 18.2 Å². The van der Waals surface area contributed by atoms with Gasteiger partial charge in [0.1, 0.15) is 30.8 Å². The first-order valence-corrected chi connectivity index (χ1v) is 18.7. The van der Waals surface area contributed by atoms with Crippen LogP contribution in [0.1, 0.15) is 89.0 Å². The van der Waals surface area contributed by atoms with Gasteiger partial charge in [0.25, 0.3) is 0 Å². The number of aromatic carboxylic acids is 2.